The van der Waals surface area contributed by atoms with Gasteiger partial charge in [-0.25, -0.2) is 0 Å². The second-order valence-corrected chi connectivity index (χ2v) is 8.36. The van der Waals surface area contributed by atoms with Crippen LogP contribution in [-0.2, 0) is 22.7 Å². The first-order chi connectivity index (χ1) is 14.8. The molecule has 1 aromatic rings. The summed E-state index contributed by atoms with van der Waals surface area (Å²) < 4.78 is 5.48. The first-order valence-corrected chi connectivity index (χ1v) is 10.6. The number of amides is 2. The quantitative estimate of drug-likeness (QED) is 0.528. The van der Waals surface area contributed by atoms with E-state index in [0.29, 0.717) is 16.9 Å². The van der Waals surface area contributed by atoms with Gasteiger partial charge in [0.1, 0.15) is 5.75 Å². The molecule has 2 atom stereocenters. The zero-order chi connectivity index (χ0) is 22.5. The molecule has 1 saturated carbocycles. The van der Waals surface area contributed by atoms with E-state index >= 15 is 0 Å². The lowest BCUT2D eigenvalue weighted by atomic mass is 9.88. The number of carbonyl (C=O) groups excluding carboxylic acids is 2. The van der Waals surface area contributed by atoms with E-state index in [1.165, 1.54) is 19.2 Å². The molecular weight excluding hydrogens is 402 g/mol. The predicted molar refractivity (Wildman–Crippen MR) is 115 cm³/mol. The fourth-order valence-corrected chi connectivity index (χ4v) is 4.67. The van der Waals surface area contributed by atoms with Gasteiger partial charge in [-0.05, 0) is 26.9 Å². The second-order valence-electron chi connectivity index (χ2n) is 8.36. The van der Waals surface area contributed by atoms with Crippen LogP contribution in [0.1, 0.15) is 36.8 Å². The zero-order valence-corrected chi connectivity index (χ0v) is 18.3. The highest BCUT2D eigenvalue weighted by Crippen LogP contribution is 2.30. The third-order valence-corrected chi connectivity index (χ3v) is 6.21. The van der Waals surface area contributed by atoms with Gasteiger partial charge in [0.05, 0.1) is 25.1 Å². The Morgan fingerprint density at radius 1 is 0.968 bits per heavy atom. The van der Waals surface area contributed by atoms with Gasteiger partial charge in [-0.1, -0.05) is 12.8 Å². The molecule has 2 amide bonds. The Morgan fingerprint density at radius 3 is 1.81 bits per heavy atom. The van der Waals surface area contributed by atoms with Crippen molar-refractivity contribution in [3.05, 3.63) is 33.4 Å². The largest absolute Gasteiger partial charge is 0.496 e. The highest BCUT2D eigenvalue weighted by Gasteiger charge is 2.32. The molecule has 1 aliphatic heterocycles. The summed E-state index contributed by atoms with van der Waals surface area (Å²) >= 11 is 0. The highest BCUT2D eigenvalue weighted by molar-refractivity contribution is 5.79. The van der Waals surface area contributed by atoms with Crippen molar-refractivity contribution in [2.75, 3.05) is 34.3 Å². The Morgan fingerprint density at radius 2 is 1.42 bits per heavy atom. The number of nitro benzene ring substituents is 1. The zero-order valence-electron chi connectivity index (χ0n) is 18.3. The van der Waals surface area contributed by atoms with Crippen LogP contribution in [0, 0.1) is 10.1 Å². The average molecular weight is 434 g/mol. The standard InChI is InChI=1S/C21H31N5O5/c1-24-12-19(27)22-10-14-8-16(26(29)30)9-15(21(14)31-3)11-23-20(28)13-25(2)18-7-5-4-6-17(18)24/h8-9,17-18H,4-7,10-13H2,1-3H3,(H,22,27)(H,23,28)/t17-,18-/m1/s1. The Hall–Kier alpha value is -2.72. The van der Waals surface area contributed by atoms with Crippen molar-refractivity contribution >= 4 is 17.5 Å². The van der Waals surface area contributed by atoms with Crippen LogP contribution in [0.3, 0.4) is 0 Å². The van der Waals surface area contributed by atoms with Crippen LogP contribution in [-0.4, -0.2) is 72.9 Å². The first-order valence-electron chi connectivity index (χ1n) is 10.6. The van der Waals surface area contributed by atoms with Crippen molar-refractivity contribution in [1.29, 1.82) is 0 Å². The fourth-order valence-electron chi connectivity index (χ4n) is 4.67. The second kappa shape index (κ2) is 10.1. The Bertz CT molecular complexity index is 788. The molecule has 10 nitrogen and oxygen atoms in total. The van der Waals surface area contributed by atoms with E-state index in [4.69, 9.17) is 4.74 Å². The summed E-state index contributed by atoms with van der Waals surface area (Å²) in [7, 11) is 5.33. The van der Waals surface area contributed by atoms with Gasteiger partial charge in [-0.3, -0.25) is 29.5 Å². The van der Waals surface area contributed by atoms with Gasteiger partial charge in [0, 0.05) is 48.4 Å². The van der Waals surface area contributed by atoms with Crippen LogP contribution in [0.25, 0.3) is 0 Å². The van der Waals surface area contributed by atoms with Gasteiger partial charge < -0.3 is 15.4 Å². The fraction of sp³-hybridized carbons (Fsp3) is 0.619. The van der Waals surface area contributed by atoms with E-state index in [2.05, 4.69) is 10.6 Å². The van der Waals surface area contributed by atoms with Gasteiger partial charge in [-0.2, -0.15) is 0 Å². The molecule has 0 radical (unpaired) electrons. The highest BCUT2D eigenvalue weighted by atomic mass is 16.6. The molecule has 1 aliphatic carbocycles. The number of hydrogen-bond acceptors (Lipinski definition) is 7. The lowest BCUT2D eigenvalue weighted by Gasteiger charge is -2.42. The summed E-state index contributed by atoms with van der Waals surface area (Å²) in [6.07, 6.45) is 4.14. The van der Waals surface area contributed by atoms with E-state index in [1.807, 2.05) is 23.9 Å². The summed E-state index contributed by atoms with van der Waals surface area (Å²) in [6, 6.07) is 3.16. The number of benzene rings is 1. The maximum absolute atomic E-state index is 12.6. The molecule has 1 aromatic carbocycles. The number of nitrogens with one attached hydrogen (secondary N) is 2. The van der Waals surface area contributed by atoms with E-state index in [1.54, 1.807) is 0 Å². The number of non-ortho nitro benzene ring substituents is 1. The van der Waals surface area contributed by atoms with Crippen molar-refractivity contribution in [2.24, 2.45) is 0 Å². The van der Waals surface area contributed by atoms with Crippen molar-refractivity contribution < 1.29 is 19.2 Å². The van der Waals surface area contributed by atoms with Crippen molar-refractivity contribution in [1.82, 2.24) is 20.4 Å². The molecule has 10 heteroatoms. The van der Waals surface area contributed by atoms with Gasteiger partial charge in [0.2, 0.25) is 11.8 Å². The maximum Gasteiger partial charge on any atom is 0.270 e. The van der Waals surface area contributed by atoms with Gasteiger partial charge in [0.15, 0.2) is 0 Å². The van der Waals surface area contributed by atoms with Gasteiger partial charge in [0.25, 0.3) is 5.69 Å². The molecule has 0 saturated heterocycles. The molecule has 170 valence electrons. The Kier molecular flexibility index (Phi) is 7.45. The number of hydrogen-bond donors (Lipinski definition) is 2. The molecule has 0 spiro atoms. The molecule has 1 fully saturated rings. The first kappa shape index (κ1) is 23.0. The number of methoxy groups -OCH3 is 1. The molecule has 0 unspecified atom stereocenters. The van der Waals surface area contributed by atoms with Crippen molar-refractivity contribution in [2.45, 2.75) is 50.9 Å². The van der Waals surface area contributed by atoms with E-state index in [-0.39, 0.29) is 55.8 Å². The van der Waals surface area contributed by atoms with Crippen LogP contribution in [0.15, 0.2) is 12.1 Å². The summed E-state index contributed by atoms with van der Waals surface area (Å²) in [5.74, 6) is 0.110. The molecule has 0 aromatic heterocycles. The number of rotatable bonds is 2. The normalized spacial score (nSPS) is 24.2. The SMILES string of the molecule is COc1c2cc([N+](=O)[O-])cc1CNC(=O)CN(C)[C@@H]1CCCC[C@H]1N(C)CC(=O)NC2. The van der Waals surface area contributed by atoms with Crippen LogP contribution < -0.4 is 15.4 Å². The van der Waals surface area contributed by atoms with Crippen LogP contribution in [0.4, 0.5) is 5.69 Å². The topological polar surface area (TPSA) is 117 Å². The van der Waals surface area contributed by atoms with Crippen molar-refractivity contribution in [3.8, 4) is 5.75 Å². The minimum absolute atomic E-state index is 0.104. The summed E-state index contributed by atoms with van der Waals surface area (Å²) in [6.45, 7) is 0.634. The monoisotopic (exact) mass is 433 g/mol. The smallest absolute Gasteiger partial charge is 0.270 e. The third kappa shape index (κ3) is 5.50. The van der Waals surface area contributed by atoms with E-state index in [9.17, 15) is 19.7 Å². The van der Waals surface area contributed by atoms with Crippen LogP contribution in [0.5, 0.6) is 5.75 Å². The summed E-state index contributed by atoms with van der Waals surface area (Å²) in [4.78, 5) is 40.3. The predicted octanol–water partition coefficient (Wildman–Crippen LogP) is 1.02. The van der Waals surface area contributed by atoms with Gasteiger partial charge in [-0.15, -0.1) is 0 Å². The minimum atomic E-state index is -0.490. The number of likely N-dealkylation sites (N-methyl/N-ethyl adjacent to an activating group) is 2. The number of nitrogens with zero attached hydrogens (tertiary/aromatic N) is 3. The number of ether oxygens (including phenoxy) is 1. The maximum atomic E-state index is 12.6. The number of carbonyl (C=O) groups is 2. The Balaban J connectivity index is 1.93. The molecule has 3 rings (SSSR count). The van der Waals surface area contributed by atoms with E-state index in [0.717, 1.165) is 25.7 Å². The van der Waals surface area contributed by atoms with Crippen LogP contribution in [0.2, 0.25) is 0 Å². The van der Waals surface area contributed by atoms with E-state index < -0.39 is 4.92 Å². The van der Waals surface area contributed by atoms with Crippen LogP contribution >= 0.6 is 0 Å². The third-order valence-electron chi connectivity index (χ3n) is 6.21. The molecule has 2 bridgehead atoms. The minimum Gasteiger partial charge on any atom is -0.496 e. The lowest BCUT2D eigenvalue weighted by Crippen LogP contribution is -2.54. The molecule has 31 heavy (non-hydrogen) atoms. The molecule has 2 N–H and O–H groups in total. The average Bonchev–Trinajstić information content (AvgIpc) is 2.75. The summed E-state index contributed by atoms with van der Waals surface area (Å²) in [5, 5.41) is 17.1. The molecule has 2 aliphatic rings. The number of fused-ring (bicyclic) bond motifs is 3. The molecular formula is C21H31N5O5. The van der Waals surface area contributed by atoms with Gasteiger partial charge >= 0.3 is 0 Å². The summed E-state index contributed by atoms with van der Waals surface area (Å²) in [5.41, 5.74) is 0.887. The number of nitro groups is 1. The molecule has 1 heterocycles. The van der Waals surface area contributed by atoms with Crippen molar-refractivity contribution in [3.63, 3.8) is 0 Å². The Labute approximate surface area is 182 Å². The lowest BCUT2D eigenvalue weighted by molar-refractivity contribution is -0.385.